The zero-order valence-electron chi connectivity index (χ0n) is 15.2. The molecule has 138 valence electrons. The van der Waals surface area contributed by atoms with Crippen molar-refractivity contribution in [3.63, 3.8) is 0 Å². The Balaban J connectivity index is 1.96. The number of nitrogens with zero attached hydrogens (tertiary/aromatic N) is 1. The van der Waals surface area contributed by atoms with E-state index in [1.165, 1.54) is 0 Å². The fourth-order valence-corrected chi connectivity index (χ4v) is 3.52. The van der Waals surface area contributed by atoms with Gasteiger partial charge in [-0.2, -0.15) is 0 Å². The summed E-state index contributed by atoms with van der Waals surface area (Å²) in [5, 5.41) is 10.8. The molecule has 0 radical (unpaired) electrons. The monoisotopic (exact) mass is 409 g/mol. The van der Waals surface area contributed by atoms with E-state index in [1.54, 1.807) is 4.90 Å². The van der Waals surface area contributed by atoms with E-state index in [2.05, 4.69) is 22.5 Å². The third-order valence-corrected chi connectivity index (χ3v) is 5.11. The second-order valence-electron chi connectivity index (χ2n) is 7.61. The van der Waals surface area contributed by atoms with Crippen molar-refractivity contribution in [2.45, 2.75) is 45.3 Å². The summed E-state index contributed by atoms with van der Waals surface area (Å²) in [5.41, 5.74) is 0.415. The first kappa shape index (κ1) is 20.0. The van der Waals surface area contributed by atoms with Gasteiger partial charge in [0.15, 0.2) is 0 Å². The molecule has 0 saturated carbocycles. The molecule has 1 aliphatic rings. The second-order valence-corrected chi connectivity index (χ2v) is 8.53. The van der Waals surface area contributed by atoms with Gasteiger partial charge in [-0.15, -0.1) is 6.58 Å². The summed E-state index contributed by atoms with van der Waals surface area (Å²) < 4.78 is 6.43. The van der Waals surface area contributed by atoms with E-state index < -0.39 is 11.7 Å². The van der Waals surface area contributed by atoms with Gasteiger partial charge in [0.25, 0.3) is 0 Å². The molecule has 4 nitrogen and oxygen atoms in total. The van der Waals surface area contributed by atoms with Crippen LogP contribution < -0.4 is 0 Å². The molecule has 0 unspecified atom stereocenters. The first-order valence-corrected chi connectivity index (χ1v) is 9.54. The maximum absolute atomic E-state index is 12.2. The van der Waals surface area contributed by atoms with Gasteiger partial charge in [-0.25, -0.2) is 4.79 Å². The Kier molecular flexibility index (Phi) is 6.69. The van der Waals surface area contributed by atoms with Crippen LogP contribution in [0.3, 0.4) is 0 Å². The summed E-state index contributed by atoms with van der Waals surface area (Å²) in [7, 11) is 0. The largest absolute Gasteiger partial charge is 0.444 e. The number of piperidine rings is 1. The Bertz CT molecular complexity index is 586. The maximum atomic E-state index is 12.2. The summed E-state index contributed by atoms with van der Waals surface area (Å²) in [6.45, 7) is 10.9. The quantitative estimate of drug-likeness (QED) is 0.716. The van der Waals surface area contributed by atoms with Gasteiger partial charge in [0.2, 0.25) is 0 Å². The average molecular weight is 410 g/mol. The summed E-state index contributed by atoms with van der Waals surface area (Å²) in [5.74, 6) is 0.275. The smallest absolute Gasteiger partial charge is 0.410 e. The summed E-state index contributed by atoms with van der Waals surface area (Å²) in [4.78, 5) is 13.9. The molecule has 1 amide bonds. The minimum absolute atomic E-state index is 0.0260. The molecule has 0 bridgehead atoms. The van der Waals surface area contributed by atoms with Gasteiger partial charge in [-0.05, 0) is 57.2 Å². The third kappa shape index (κ3) is 5.58. The highest BCUT2D eigenvalue weighted by Gasteiger charge is 2.32. The van der Waals surface area contributed by atoms with E-state index in [-0.39, 0.29) is 12.0 Å². The number of carbonyl (C=O) groups excluding carboxylic acids is 1. The molecule has 1 saturated heterocycles. The number of benzene rings is 1. The van der Waals surface area contributed by atoms with Crippen LogP contribution >= 0.6 is 15.9 Å². The molecule has 0 aliphatic carbocycles. The molecule has 1 fully saturated rings. The van der Waals surface area contributed by atoms with Gasteiger partial charge in [-0.3, -0.25) is 0 Å². The Morgan fingerprint density at radius 3 is 2.36 bits per heavy atom. The van der Waals surface area contributed by atoms with Crippen molar-refractivity contribution >= 4 is 22.0 Å². The number of aliphatic hydroxyl groups excluding tert-OH is 1. The molecule has 1 aliphatic heterocycles. The molecule has 1 N–H and O–H groups in total. The van der Waals surface area contributed by atoms with Crippen LogP contribution in [-0.2, 0) is 4.74 Å². The number of hydrogen-bond donors (Lipinski definition) is 1. The number of amides is 1. The first-order chi connectivity index (χ1) is 11.7. The lowest BCUT2D eigenvalue weighted by molar-refractivity contribution is 0.0117. The number of hydrogen-bond acceptors (Lipinski definition) is 3. The van der Waals surface area contributed by atoms with E-state index in [4.69, 9.17) is 4.74 Å². The molecule has 0 aromatic heterocycles. The zero-order chi connectivity index (χ0) is 18.6. The average Bonchev–Trinajstić information content (AvgIpc) is 2.55. The van der Waals surface area contributed by atoms with E-state index in [1.807, 2.05) is 51.1 Å². The van der Waals surface area contributed by atoms with Crippen molar-refractivity contribution in [3.05, 3.63) is 47.0 Å². The van der Waals surface area contributed by atoms with Crippen LogP contribution in [0.4, 0.5) is 4.79 Å². The Morgan fingerprint density at radius 2 is 1.88 bits per heavy atom. The van der Waals surface area contributed by atoms with Gasteiger partial charge in [0.05, 0.1) is 6.10 Å². The molecule has 2 rings (SSSR count). The number of carbonyl (C=O) groups is 1. The van der Waals surface area contributed by atoms with Gasteiger partial charge in [-0.1, -0.05) is 34.1 Å². The Hall–Kier alpha value is -1.33. The van der Waals surface area contributed by atoms with Crippen LogP contribution in [0.1, 0.15) is 45.3 Å². The van der Waals surface area contributed by atoms with Crippen LogP contribution in [0.2, 0.25) is 0 Å². The zero-order valence-corrected chi connectivity index (χ0v) is 16.8. The Morgan fingerprint density at radius 1 is 1.32 bits per heavy atom. The predicted octanol–water partition coefficient (Wildman–Crippen LogP) is 4.93. The van der Waals surface area contributed by atoms with Crippen molar-refractivity contribution in [2.24, 2.45) is 11.8 Å². The van der Waals surface area contributed by atoms with Crippen LogP contribution in [-0.4, -0.2) is 34.8 Å². The molecule has 2 atom stereocenters. The summed E-state index contributed by atoms with van der Waals surface area (Å²) in [6, 6.07) is 7.73. The number of rotatable bonds is 4. The highest BCUT2D eigenvalue weighted by Crippen LogP contribution is 2.35. The van der Waals surface area contributed by atoms with E-state index in [0.29, 0.717) is 19.0 Å². The van der Waals surface area contributed by atoms with Gasteiger partial charge >= 0.3 is 6.09 Å². The number of halogens is 1. The van der Waals surface area contributed by atoms with Gasteiger partial charge in [0.1, 0.15) is 5.60 Å². The van der Waals surface area contributed by atoms with Gasteiger partial charge < -0.3 is 14.7 Å². The highest BCUT2D eigenvalue weighted by atomic mass is 79.9. The highest BCUT2D eigenvalue weighted by molar-refractivity contribution is 9.10. The lowest BCUT2D eigenvalue weighted by Gasteiger charge is -2.37. The third-order valence-electron chi connectivity index (χ3n) is 4.58. The minimum Gasteiger partial charge on any atom is -0.444 e. The van der Waals surface area contributed by atoms with Crippen LogP contribution in [0.15, 0.2) is 41.4 Å². The SMILES string of the molecule is C=C[C@H](C1CCN(C(=O)OC(C)(C)C)CC1)[C@H](O)c1ccc(Br)cc1. The van der Waals surface area contributed by atoms with Crippen LogP contribution in [0, 0.1) is 11.8 Å². The van der Waals surface area contributed by atoms with Gasteiger partial charge in [0, 0.05) is 23.5 Å². The second kappa shape index (κ2) is 8.37. The van der Waals surface area contributed by atoms with Crippen molar-refractivity contribution < 1.29 is 14.6 Å². The molecule has 1 aromatic rings. The molecule has 5 heteroatoms. The van der Waals surface area contributed by atoms with Crippen LogP contribution in [0.5, 0.6) is 0 Å². The van der Waals surface area contributed by atoms with Crippen molar-refractivity contribution in [3.8, 4) is 0 Å². The number of aliphatic hydroxyl groups is 1. The lowest BCUT2D eigenvalue weighted by Crippen LogP contribution is -2.43. The molecular weight excluding hydrogens is 382 g/mol. The van der Waals surface area contributed by atoms with E-state index >= 15 is 0 Å². The normalized spacial score (nSPS) is 18.5. The van der Waals surface area contributed by atoms with E-state index in [9.17, 15) is 9.90 Å². The Labute approximate surface area is 159 Å². The maximum Gasteiger partial charge on any atom is 0.410 e. The first-order valence-electron chi connectivity index (χ1n) is 8.75. The molecule has 25 heavy (non-hydrogen) atoms. The van der Waals surface area contributed by atoms with Crippen LogP contribution in [0.25, 0.3) is 0 Å². The topological polar surface area (TPSA) is 49.8 Å². The fourth-order valence-electron chi connectivity index (χ4n) is 3.25. The van der Waals surface area contributed by atoms with E-state index in [0.717, 1.165) is 22.9 Å². The number of likely N-dealkylation sites (tertiary alicyclic amines) is 1. The van der Waals surface area contributed by atoms with Crippen molar-refractivity contribution in [1.82, 2.24) is 4.90 Å². The standard InChI is InChI=1S/C20H28BrNO3/c1-5-17(18(23)15-6-8-16(21)9-7-15)14-10-12-22(13-11-14)19(24)25-20(2,3)4/h5-9,14,17-18,23H,1,10-13H2,2-4H3/t17-,18-/m1/s1. The number of ether oxygens (including phenoxy) is 1. The molecule has 1 aromatic carbocycles. The van der Waals surface area contributed by atoms with Crippen molar-refractivity contribution in [1.29, 1.82) is 0 Å². The fraction of sp³-hybridized carbons (Fsp3) is 0.550. The molecular formula is C20H28BrNO3. The minimum atomic E-state index is -0.580. The molecule has 0 spiro atoms. The predicted molar refractivity (Wildman–Crippen MR) is 103 cm³/mol. The lowest BCUT2D eigenvalue weighted by atomic mass is 9.79. The summed E-state index contributed by atoms with van der Waals surface area (Å²) in [6.07, 6.45) is 2.69. The molecule has 1 heterocycles. The van der Waals surface area contributed by atoms with Crippen molar-refractivity contribution in [2.75, 3.05) is 13.1 Å². The summed E-state index contributed by atoms with van der Waals surface area (Å²) >= 11 is 3.41.